The van der Waals surface area contributed by atoms with Gasteiger partial charge in [-0.1, -0.05) is 0 Å². The molecule has 0 aromatic heterocycles. The van der Waals surface area contributed by atoms with Gasteiger partial charge in [0.25, 0.3) is 0 Å². The lowest BCUT2D eigenvalue weighted by Crippen LogP contribution is -2.68. The standard InChI is InChI=1S/C48H76O38/c49-1-9-31-18(56)24(62)42(72-9)81-33-11(3-51)74-44(26(64)20(33)58)83-35-13(5-53)76-46(28(66)22(35)60)85-37-15-7-70-40(37)30(68)48(78-15)86-38-16-8-69-39(38)29(67)47(77-16)84-36-14(6-54)75-45(27(65)21(36)59)82-34-12(4-52)73-43(25(63)19(34)57)80-32-10(2-50)71-41(79-31)23(61)17(32)55/h9-68H,1-8H2/t9-,10-,11-,12-,13-,14-,15-,16-,17-,18-,19-,20-,21-,22-,23-,24-,25-,26-,27-,28-,29-,30-,31-,32-,33-,34-,35-,36-,37-,38-,39-,40-,41-,42-,43-,44-,45-,46-,47-,48-/m1/s1. The molecule has 0 aromatic carbocycles. The number of aliphatic hydroxyl groups is 20. The Kier molecular flexibility index (Phi) is 20.9. The van der Waals surface area contributed by atoms with Gasteiger partial charge in [0.1, 0.15) is 195 Å². The van der Waals surface area contributed by atoms with Gasteiger partial charge in [0.05, 0.1) is 52.9 Å². The molecular weight excluding hydrogens is 1180 g/mol. The van der Waals surface area contributed by atoms with Crippen molar-refractivity contribution >= 4 is 0 Å². The zero-order valence-electron chi connectivity index (χ0n) is 45.0. The molecule has 40 atom stereocenters. The molecule has 0 aliphatic carbocycles. The van der Waals surface area contributed by atoms with Crippen LogP contribution in [0.4, 0.5) is 0 Å². The molecule has 0 amide bonds. The number of ether oxygens (including phenoxy) is 18. The zero-order chi connectivity index (χ0) is 61.5. The van der Waals surface area contributed by atoms with Crippen molar-refractivity contribution in [1.29, 1.82) is 0 Å². The molecule has 34 heterocycles. The van der Waals surface area contributed by atoms with Gasteiger partial charge in [0.15, 0.2) is 50.3 Å². The smallest absolute Gasteiger partial charge is 0.187 e. The lowest BCUT2D eigenvalue weighted by atomic mass is 9.95. The van der Waals surface area contributed by atoms with Gasteiger partial charge in [0, 0.05) is 0 Å². The van der Waals surface area contributed by atoms with E-state index in [2.05, 4.69) is 0 Å². The van der Waals surface area contributed by atoms with Crippen LogP contribution >= 0.6 is 0 Å². The van der Waals surface area contributed by atoms with Gasteiger partial charge < -0.3 is 187 Å². The van der Waals surface area contributed by atoms with Crippen LogP contribution in [-0.4, -0.2) is 401 Å². The highest BCUT2D eigenvalue weighted by atomic mass is 16.8. The summed E-state index contributed by atoms with van der Waals surface area (Å²) in [6, 6.07) is 0. The van der Waals surface area contributed by atoms with E-state index in [1.807, 2.05) is 0 Å². The van der Waals surface area contributed by atoms with Crippen molar-refractivity contribution in [1.82, 2.24) is 0 Å². The lowest BCUT2D eigenvalue weighted by Gasteiger charge is -2.50. The summed E-state index contributed by atoms with van der Waals surface area (Å²) in [6.45, 7) is -6.48. The molecule has 34 aliphatic heterocycles. The maximum absolute atomic E-state index is 11.6. The average Bonchev–Trinajstić information content (AvgIpc) is 1.67. The first-order chi connectivity index (χ1) is 41.1. The fourth-order valence-corrected chi connectivity index (χ4v) is 12.6. The Balaban J connectivity index is 0.836. The summed E-state index contributed by atoms with van der Waals surface area (Å²) in [5.41, 5.74) is 0. The molecule has 496 valence electrons. The van der Waals surface area contributed by atoms with Crippen molar-refractivity contribution in [3.8, 4) is 0 Å². The van der Waals surface area contributed by atoms with E-state index in [0.717, 1.165) is 0 Å². The fourth-order valence-electron chi connectivity index (χ4n) is 12.6. The molecular formula is C48H76O38. The summed E-state index contributed by atoms with van der Waals surface area (Å²) >= 11 is 0. The van der Waals surface area contributed by atoms with Crippen LogP contribution in [0.25, 0.3) is 0 Å². The van der Waals surface area contributed by atoms with Crippen LogP contribution < -0.4 is 0 Å². The summed E-state index contributed by atoms with van der Waals surface area (Å²) < 4.78 is 105. The molecule has 38 nitrogen and oxygen atoms in total. The summed E-state index contributed by atoms with van der Waals surface area (Å²) in [4.78, 5) is 0. The second-order valence-corrected chi connectivity index (χ2v) is 22.7. The highest BCUT2D eigenvalue weighted by molar-refractivity contribution is 5.04. The maximum atomic E-state index is 11.6. The molecule has 0 spiro atoms. The normalized spacial score (nSPS) is 57.3. The Morgan fingerprint density at radius 2 is 0.360 bits per heavy atom. The zero-order valence-corrected chi connectivity index (χ0v) is 45.0. The van der Waals surface area contributed by atoms with Gasteiger partial charge in [-0.3, -0.25) is 0 Å². The van der Waals surface area contributed by atoms with E-state index in [1.165, 1.54) is 0 Å². The third-order valence-corrected chi connectivity index (χ3v) is 17.4. The van der Waals surface area contributed by atoms with Gasteiger partial charge in [0.2, 0.25) is 0 Å². The van der Waals surface area contributed by atoms with Crippen LogP contribution in [0.3, 0.4) is 0 Å². The summed E-state index contributed by atoms with van der Waals surface area (Å²) in [7, 11) is 0. The first kappa shape index (κ1) is 66.0. The Bertz CT molecular complexity index is 2160. The second-order valence-electron chi connectivity index (χ2n) is 22.7. The molecule has 34 fully saturated rings. The minimum Gasteiger partial charge on any atom is -0.394 e. The number of aliphatic hydroxyl groups excluding tert-OH is 20. The molecule has 0 radical (unpaired) electrons. The second kappa shape index (κ2) is 27.2. The number of hydrogen-bond acceptors (Lipinski definition) is 38. The molecule has 34 aliphatic rings. The monoisotopic (exact) mass is 1260 g/mol. The highest BCUT2D eigenvalue weighted by Gasteiger charge is 2.62. The van der Waals surface area contributed by atoms with Crippen molar-refractivity contribution in [2.75, 3.05) is 52.9 Å². The van der Waals surface area contributed by atoms with Crippen molar-refractivity contribution in [3.05, 3.63) is 0 Å². The van der Waals surface area contributed by atoms with Crippen molar-refractivity contribution < 1.29 is 187 Å². The van der Waals surface area contributed by atoms with Gasteiger partial charge in [-0.15, -0.1) is 0 Å². The Hall–Kier alpha value is -1.52. The van der Waals surface area contributed by atoms with E-state index < -0.39 is 285 Å². The fraction of sp³-hybridized carbons (Fsp3) is 1.00. The maximum Gasteiger partial charge on any atom is 0.187 e. The van der Waals surface area contributed by atoms with Gasteiger partial charge in [-0.2, -0.15) is 0 Å². The average molecular weight is 1260 g/mol. The summed E-state index contributed by atoms with van der Waals surface area (Å²) in [5.74, 6) is 0. The predicted octanol–water partition coefficient (Wildman–Crippen LogP) is -15.3. The molecule has 0 saturated carbocycles. The van der Waals surface area contributed by atoms with E-state index in [4.69, 9.17) is 85.3 Å². The van der Waals surface area contributed by atoms with Gasteiger partial charge in [-0.25, -0.2) is 0 Å². The predicted molar refractivity (Wildman–Crippen MR) is 254 cm³/mol. The Morgan fingerprint density at radius 1 is 0.186 bits per heavy atom. The van der Waals surface area contributed by atoms with E-state index in [1.54, 1.807) is 0 Å². The highest BCUT2D eigenvalue weighted by Crippen LogP contribution is 2.42. The molecule has 34 rings (SSSR count). The lowest BCUT2D eigenvalue weighted by molar-refractivity contribution is -0.399. The third kappa shape index (κ3) is 12.1. The molecule has 34 saturated heterocycles. The first-order valence-electron chi connectivity index (χ1n) is 28.0. The van der Waals surface area contributed by atoms with Crippen LogP contribution in [-0.2, 0) is 85.3 Å². The van der Waals surface area contributed by atoms with Gasteiger partial charge in [-0.05, 0) is 0 Å². The quantitative estimate of drug-likeness (QED) is 0.117. The van der Waals surface area contributed by atoms with Crippen molar-refractivity contribution in [3.63, 3.8) is 0 Å². The summed E-state index contributed by atoms with van der Waals surface area (Å²) in [6.07, 6.45) is -72.4. The molecule has 20 N–H and O–H groups in total. The Morgan fingerprint density at radius 3 is 0.547 bits per heavy atom. The van der Waals surface area contributed by atoms with Crippen LogP contribution in [0.15, 0.2) is 0 Å². The van der Waals surface area contributed by atoms with E-state index in [0.29, 0.717) is 0 Å². The first-order valence-corrected chi connectivity index (χ1v) is 28.0. The van der Waals surface area contributed by atoms with Crippen LogP contribution in [0.5, 0.6) is 0 Å². The topological polar surface area (TPSA) is 571 Å². The van der Waals surface area contributed by atoms with Crippen LogP contribution in [0, 0.1) is 0 Å². The van der Waals surface area contributed by atoms with Gasteiger partial charge >= 0.3 is 0 Å². The summed E-state index contributed by atoms with van der Waals surface area (Å²) in [5, 5.41) is 222. The van der Waals surface area contributed by atoms with E-state index in [9.17, 15) is 102 Å². The molecule has 38 heteroatoms. The number of hydrogen-bond donors (Lipinski definition) is 20. The minimum atomic E-state index is -2.21. The minimum absolute atomic E-state index is 0.224. The van der Waals surface area contributed by atoms with Crippen LogP contribution in [0.2, 0.25) is 0 Å². The molecule has 0 aromatic rings. The molecule has 86 heavy (non-hydrogen) atoms. The SMILES string of the molecule is OC[C@H]1O[C@@H]2O[C@H]3[C@H](O)[C@@H](O)[C@@H](O[C@H]4[C@H](O)[C@@H](O)[C@@H](O[C@H]5[C@@H]6OC[C@H]5O[C@H](O[C@H]5[C@@H]7OC[C@H]5O[C@H](O[C@H]5[C@H](O)[C@@H](O)[C@@H](O[C@H]8[C@H](O)[C@@H](O)[C@@H](O[C@H]9[C@H](O)[C@@H](O)[C@@H](O[C@H]1[C@H](O)[C@H]2O)O[C@@H]9CO)O[C@@H]8CO)O[C@@H]5CO)[C@@H]7O)[C@@H]6O)O[C@@H]4CO)O[C@@H]3CO. The Labute approximate surface area is 485 Å². The van der Waals surface area contributed by atoms with E-state index >= 15 is 0 Å². The number of rotatable bonds is 6. The molecule has 0 unspecified atom stereocenters. The van der Waals surface area contributed by atoms with E-state index in [-0.39, 0.29) is 13.2 Å². The molecule has 20 bridgehead atoms. The largest absolute Gasteiger partial charge is 0.394 e. The van der Waals surface area contributed by atoms with Crippen LogP contribution in [0.1, 0.15) is 0 Å². The van der Waals surface area contributed by atoms with Crippen molar-refractivity contribution in [2.45, 2.75) is 246 Å². The third-order valence-electron chi connectivity index (χ3n) is 17.4. The van der Waals surface area contributed by atoms with Crippen molar-refractivity contribution in [2.24, 2.45) is 0 Å².